The summed E-state index contributed by atoms with van der Waals surface area (Å²) in [5.74, 6) is -1.18. The Morgan fingerprint density at radius 1 is 1.03 bits per heavy atom. The Morgan fingerprint density at radius 3 is 2.44 bits per heavy atom. The van der Waals surface area contributed by atoms with Gasteiger partial charge >= 0.3 is 0 Å². The Hall–Kier alpha value is -3.17. The molecule has 0 aromatic heterocycles. The normalized spacial score (nSPS) is 19.0. The van der Waals surface area contributed by atoms with E-state index in [1.807, 2.05) is 4.90 Å². The molecule has 2 aliphatic heterocycles. The van der Waals surface area contributed by atoms with Crippen molar-refractivity contribution in [2.24, 2.45) is 0 Å². The number of amides is 3. The zero-order chi connectivity index (χ0) is 24.1. The lowest BCUT2D eigenvalue weighted by Crippen LogP contribution is -2.60. The fourth-order valence-corrected chi connectivity index (χ4v) is 4.44. The molecular formula is C24H27ClFN5O3. The molecule has 0 aliphatic carbocycles. The van der Waals surface area contributed by atoms with E-state index in [9.17, 15) is 18.8 Å². The van der Waals surface area contributed by atoms with Crippen molar-refractivity contribution in [1.82, 2.24) is 15.1 Å². The van der Waals surface area contributed by atoms with Gasteiger partial charge in [0.2, 0.25) is 17.7 Å². The van der Waals surface area contributed by atoms with Crippen molar-refractivity contribution in [3.63, 3.8) is 0 Å². The number of halogens is 2. The maximum absolute atomic E-state index is 13.2. The van der Waals surface area contributed by atoms with Gasteiger partial charge in [0, 0.05) is 45.0 Å². The highest BCUT2D eigenvalue weighted by molar-refractivity contribution is 6.33. The molecule has 10 heteroatoms. The predicted molar refractivity (Wildman–Crippen MR) is 128 cm³/mol. The molecule has 2 saturated heterocycles. The van der Waals surface area contributed by atoms with Gasteiger partial charge in [0.15, 0.2) is 0 Å². The first-order valence-electron chi connectivity index (χ1n) is 11.2. The highest BCUT2D eigenvalue weighted by atomic mass is 35.5. The summed E-state index contributed by atoms with van der Waals surface area (Å²) in [6, 6.07) is 12.4. The van der Waals surface area contributed by atoms with Crippen LogP contribution in [0.5, 0.6) is 0 Å². The fraction of sp³-hybridized carbons (Fsp3) is 0.375. The van der Waals surface area contributed by atoms with E-state index < -0.39 is 6.04 Å². The molecule has 2 heterocycles. The van der Waals surface area contributed by atoms with Crippen molar-refractivity contribution >= 4 is 40.7 Å². The minimum Gasteiger partial charge on any atom is -0.369 e. The molecule has 2 aliphatic rings. The third-order valence-corrected chi connectivity index (χ3v) is 6.43. The quantitative estimate of drug-likeness (QED) is 0.650. The summed E-state index contributed by atoms with van der Waals surface area (Å²) >= 11 is 6.10. The number of hydrogen-bond donors (Lipinski definition) is 2. The maximum Gasteiger partial charge on any atom is 0.243 e. The first-order chi connectivity index (χ1) is 16.4. The summed E-state index contributed by atoms with van der Waals surface area (Å²) in [7, 11) is 0. The minimum atomic E-state index is -0.871. The van der Waals surface area contributed by atoms with E-state index in [1.165, 1.54) is 17.0 Å². The zero-order valence-corrected chi connectivity index (χ0v) is 19.4. The van der Waals surface area contributed by atoms with Crippen molar-refractivity contribution in [1.29, 1.82) is 0 Å². The third kappa shape index (κ3) is 5.84. The summed E-state index contributed by atoms with van der Waals surface area (Å²) < 4.78 is 13.2. The molecule has 3 amide bonds. The number of carbonyl (C=O) groups excluding carboxylic acids is 3. The van der Waals surface area contributed by atoms with Crippen LogP contribution in [0.2, 0.25) is 5.02 Å². The van der Waals surface area contributed by atoms with Crippen LogP contribution in [0.3, 0.4) is 0 Å². The van der Waals surface area contributed by atoms with Gasteiger partial charge in [-0.15, -0.1) is 0 Å². The molecule has 0 spiro atoms. The Kier molecular flexibility index (Phi) is 7.64. The maximum atomic E-state index is 13.2. The summed E-state index contributed by atoms with van der Waals surface area (Å²) in [5, 5.41) is 5.86. The van der Waals surface area contributed by atoms with Gasteiger partial charge in [-0.2, -0.15) is 0 Å². The zero-order valence-electron chi connectivity index (χ0n) is 18.7. The van der Waals surface area contributed by atoms with Crippen LogP contribution < -0.4 is 15.5 Å². The lowest BCUT2D eigenvalue weighted by molar-refractivity contribution is -0.145. The molecule has 2 aromatic rings. The van der Waals surface area contributed by atoms with Gasteiger partial charge < -0.3 is 20.4 Å². The van der Waals surface area contributed by atoms with Crippen LogP contribution in [-0.2, 0) is 14.4 Å². The SMILES string of the molecule is O=C(C[C@H]1C(=O)NCCN1C(=O)CN1CCN(c2ccc(F)cc2)CC1)Nc1ccccc1Cl. The van der Waals surface area contributed by atoms with E-state index in [-0.39, 0.29) is 36.5 Å². The molecule has 2 N–H and O–H groups in total. The number of carbonyl (C=O) groups is 3. The molecule has 4 rings (SSSR count). The summed E-state index contributed by atoms with van der Waals surface area (Å²) in [6.07, 6.45) is -0.152. The Bertz CT molecular complexity index is 1040. The number of piperazine rings is 2. The average molecular weight is 488 g/mol. The molecule has 34 heavy (non-hydrogen) atoms. The van der Waals surface area contributed by atoms with Crippen molar-refractivity contribution < 1.29 is 18.8 Å². The second kappa shape index (κ2) is 10.8. The number of para-hydroxylation sites is 1. The predicted octanol–water partition coefficient (Wildman–Crippen LogP) is 1.96. The highest BCUT2D eigenvalue weighted by Crippen LogP contribution is 2.22. The van der Waals surface area contributed by atoms with Gasteiger partial charge in [0.05, 0.1) is 23.7 Å². The first-order valence-corrected chi connectivity index (χ1v) is 11.6. The number of nitrogens with zero attached hydrogens (tertiary/aromatic N) is 3. The summed E-state index contributed by atoms with van der Waals surface area (Å²) in [5.41, 5.74) is 1.41. The third-order valence-electron chi connectivity index (χ3n) is 6.10. The van der Waals surface area contributed by atoms with Gasteiger partial charge in [-0.3, -0.25) is 19.3 Å². The van der Waals surface area contributed by atoms with Gasteiger partial charge in [-0.1, -0.05) is 23.7 Å². The molecule has 0 saturated carbocycles. The average Bonchev–Trinajstić information content (AvgIpc) is 2.83. The largest absolute Gasteiger partial charge is 0.369 e. The van der Waals surface area contributed by atoms with Crippen LogP contribution in [0.15, 0.2) is 48.5 Å². The summed E-state index contributed by atoms with van der Waals surface area (Å²) in [4.78, 5) is 43.9. The fourth-order valence-electron chi connectivity index (χ4n) is 4.25. The molecule has 8 nitrogen and oxygen atoms in total. The molecular weight excluding hydrogens is 461 g/mol. The molecule has 1 atom stereocenters. The number of anilines is 2. The van der Waals surface area contributed by atoms with Crippen LogP contribution in [0, 0.1) is 5.82 Å². The van der Waals surface area contributed by atoms with Crippen molar-refractivity contribution in [2.45, 2.75) is 12.5 Å². The monoisotopic (exact) mass is 487 g/mol. The number of nitrogens with one attached hydrogen (secondary N) is 2. The van der Waals surface area contributed by atoms with E-state index in [0.717, 1.165) is 5.69 Å². The van der Waals surface area contributed by atoms with Gasteiger partial charge in [0.25, 0.3) is 0 Å². The molecule has 0 unspecified atom stereocenters. The van der Waals surface area contributed by atoms with E-state index >= 15 is 0 Å². The smallest absolute Gasteiger partial charge is 0.243 e. The standard InChI is InChI=1S/C24H27ClFN5O3/c25-19-3-1-2-4-20(19)28-22(32)15-21-24(34)27-9-10-31(21)23(33)16-29-11-13-30(14-12-29)18-7-5-17(26)6-8-18/h1-8,21H,9-16H2,(H,27,34)(H,28,32)/t21-/m0/s1. The lowest BCUT2D eigenvalue weighted by Gasteiger charge is -2.39. The van der Waals surface area contributed by atoms with E-state index in [1.54, 1.807) is 36.4 Å². The van der Waals surface area contributed by atoms with Gasteiger partial charge in [0.1, 0.15) is 11.9 Å². The van der Waals surface area contributed by atoms with Crippen LogP contribution >= 0.6 is 11.6 Å². The van der Waals surface area contributed by atoms with Gasteiger partial charge in [-0.25, -0.2) is 4.39 Å². The minimum absolute atomic E-state index is 0.152. The Balaban J connectivity index is 1.32. The number of benzene rings is 2. The molecule has 0 radical (unpaired) electrons. The van der Waals surface area contributed by atoms with Crippen LogP contribution in [0.4, 0.5) is 15.8 Å². The van der Waals surface area contributed by atoms with Crippen LogP contribution in [-0.4, -0.2) is 79.4 Å². The highest BCUT2D eigenvalue weighted by Gasteiger charge is 2.35. The van der Waals surface area contributed by atoms with Crippen molar-refractivity contribution in [2.75, 3.05) is 56.0 Å². The topological polar surface area (TPSA) is 85.0 Å². The Labute approximate surface area is 202 Å². The molecule has 2 fully saturated rings. The van der Waals surface area contributed by atoms with E-state index in [0.29, 0.717) is 50.0 Å². The first kappa shape index (κ1) is 24.0. The van der Waals surface area contributed by atoms with Gasteiger partial charge in [-0.05, 0) is 36.4 Å². The molecule has 2 aromatic carbocycles. The molecule has 0 bridgehead atoms. The van der Waals surface area contributed by atoms with Crippen LogP contribution in [0.1, 0.15) is 6.42 Å². The molecule has 180 valence electrons. The number of rotatable bonds is 6. The Morgan fingerprint density at radius 2 is 1.74 bits per heavy atom. The number of hydrogen-bond acceptors (Lipinski definition) is 5. The van der Waals surface area contributed by atoms with E-state index in [4.69, 9.17) is 11.6 Å². The second-order valence-corrected chi connectivity index (χ2v) is 8.77. The lowest BCUT2D eigenvalue weighted by atomic mass is 10.1. The van der Waals surface area contributed by atoms with Crippen LogP contribution in [0.25, 0.3) is 0 Å². The van der Waals surface area contributed by atoms with E-state index in [2.05, 4.69) is 15.5 Å². The van der Waals surface area contributed by atoms with Crippen molar-refractivity contribution in [3.8, 4) is 0 Å². The van der Waals surface area contributed by atoms with Crippen molar-refractivity contribution in [3.05, 3.63) is 59.4 Å². The second-order valence-electron chi connectivity index (χ2n) is 8.37. The summed E-state index contributed by atoms with van der Waals surface area (Å²) in [6.45, 7) is 3.64.